The molecule has 3 heterocycles. The molecule has 0 atom stereocenters. The fourth-order valence-electron chi connectivity index (χ4n) is 4.31. The average Bonchev–Trinajstić information content (AvgIpc) is 3.34. The summed E-state index contributed by atoms with van der Waals surface area (Å²) in [4.78, 5) is 17.2. The molecule has 5 rings (SSSR count). The van der Waals surface area contributed by atoms with E-state index in [1.807, 2.05) is 6.07 Å². The highest BCUT2D eigenvalue weighted by molar-refractivity contribution is 6.08. The molecule has 3 aromatic heterocycles. The molecule has 1 N–H and O–H groups in total. The van der Waals surface area contributed by atoms with Crippen molar-refractivity contribution in [3.63, 3.8) is 0 Å². The van der Waals surface area contributed by atoms with E-state index in [9.17, 15) is 13.6 Å². The van der Waals surface area contributed by atoms with Gasteiger partial charge >= 0.3 is 0 Å². The summed E-state index contributed by atoms with van der Waals surface area (Å²) in [5.74, 6) is 0.576. The Morgan fingerprint density at radius 3 is 2.67 bits per heavy atom. The number of nitrogens with one attached hydrogen (secondary N) is 1. The van der Waals surface area contributed by atoms with Gasteiger partial charge in [0.1, 0.15) is 5.56 Å². The molecule has 0 spiro atoms. The Morgan fingerprint density at radius 1 is 1.20 bits per heavy atom. The first kappa shape index (κ1) is 19.1. The number of hydrogen-bond donors (Lipinski definition) is 1. The van der Waals surface area contributed by atoms with E-state index in [-0.39, 0.29) is 17.3 Å². The smallest absolute Gasteiger partial charge is 0.284 e. The second kappa shape index (κ2) is 7.45. The fraction of sp³-hybridized carbons (Fsp3) is 0.524. The van der Waals surface area contributed by atoms with E-state index >= 15 is 0 Å². The third-order valence-electron chi connectivity index (χ3n) is 6.25. The first-order valence-corrected chi connectivity index (χ1v) is 10.5. The van der Waals surface area contributed by atoms with Crippen LogP contribution < -0.4 is 5.32 Å². The average molecular weight is 414 g/mol. The first-order chi connectivity index (χ1) is 14.5. The Labute approximate surface area is 172 Å². The van der Waals surface area contributed by atoms with Gasteiger partial charge in [-0.25, -0.2) is 18.3 Å². The topological polar surface area (TPSA) is 77.1 Å². The predicted octanol–water partition coefficient (Wildman–Crippen LogP) is 4.74. The van der Waals surface area contributed by atoms with Crippen LogP contribution in [0.1, 0.15) is 85.6 Å². The quantitative estimate of drug-likeness (QED) is 0.654. The van der Waals surface area contributed by atoms with E-state index in [1.165, 1.54) is 12.4 Å². The number of nitrogens with zero attached hydrogens (tertiary/aromatic N) is 5. The number of carbonyl (C=O) groups excluding carboxylic acids is 1. The van der Waals surface area contributed by atoms with Crippen molar-refractivity contribution in [2.45, 2.75) is 63.8 Å². The molecule has 7 nitrogen and oxygen atoms in total. The van der Waals surface area contributed by atoms with E-state index in [1.54, 1.807) is 15.4 Å². The molecule has 0 bridgehead atoms. The molecule has 1 amide bonds. The standard InChI is InChI=1S/C21H24F2N6O/c1-12-2-6-14(7-3-12)28-11-16(18(27-28)19(22)23)26-21(30)15-10-25-29-17(13-4-5-13)8-9-24-20(15)29/h8-14,19H,2-7H2,1H3,(H,26,30)/t12-,14-. The van der Waals surface area contributed by atoms with Crippen LogP contribution in [-0.2, 0) is 0 Å². The normalized spacial score (nSPS) is 22.0. The van der Waals surface area contributed by atoms with E-state index < -0.39 is 18.0 Å². The molecular formula is C21H24F2N6O. The Bertz CT molecular complexity index is 1080. The van der Waals surface area contributed by atoms with Crippen LogP contribution in [0.4, 0.5) is 14.5 Å². The number of amides is 1. The Hall–Kier alpha value is -2.84. The van der Waals surface area contributed by atoms with Crippen LogP contribution in [0.3, 0.4) is 0 Å². The summed E-state index contributed by atoms with van der Waals surface area (Å²) in [5.41, 5.74) is 1.36. The maximum absolute atomic E-state index is 13.6. The van der Waals surface area contributed by atoms with Crippen molar-refractivity contribution in [2.75, 3.05) is 5.32 Å². The van der Waals surface area contributed by atoms with Crippen LogP contribution in [0.25, 0.3) is 5.65 Å². The molecule has 2 aliphatic carbocycles. The lowest BCUT2D eigenvalue weighted by atomic mass is 9.87. The van der Waals surface area contributed by atoms with Gasteiger partial charge in [0, 0.05) is 24.0 Å². The van der Waals surface area contributed by atoms with Gasteiger partial charge in [0.05, 0.1) is 17.9 Å². The first-order valence-electron chi connectivity index (χ1n) is 10.5. The van der Waals surface area contributed by atoms with Gasteiger partial charge in [-0.05, 0) is 50.5 Å². The second-order valence-corrected chi connectivity index (χ2v) is 8.51. The van der Waals surface area contributed by atoms with Crippen molar-refractivity contribution in [1.82, 2.24) is 24.4 Å². The van der Waals surface area contributed by atoms with Gasteiger partial charge in [0.25, 0.3) is 12.3 Å². The summed E-state index contributed by atoms with van der Waals surface area (Å²) in [6, 6.07) is 1.99. The monoisotopic (exact) mass is 414 g/mol. The Morgan fingerprint density at radius 2 is 1.97 bits per heavy atom. The molecule has 9 heteroatoms. The SMILES string of the molecule is C[C@H]1CC[C@H](n2cc(NC(=O)c3cnn4c(C5CC5)ccnc34)c(C(F)F)n2)CC1. The van der Waals surface area contributed by atoms with Crippen molar-refractivity contribution in [2.24, 2.45) is 5.92 Å². The van der Waals surface area contributed by atoms with Crippen LogP contribution in [0.2, 0.25) is 0 Å². The molecule has 0 aromatic carbocycles. The second-order valence-electron chi connectivity index (χ2n) is 8.51. The number of rotatable bonds is 5. The minimum absolute atomic E-state index is 0.0475. The van der Waals surface area contributed by atoms with Crippen molar-refractivity contribution in [3.8, 4) is 0 Å². The molecule has 0 saturated heterocycles. The number of fused-ring (bicyclic) bond motifs is 1. The fourth-order valence-corrected chi connectivity index (χ4v) is 4.31. The molecule has 158 valence electrons. The molecule has 2 saturated carbocycles. The van der Waals surface area contributed by atoms with Crippen LogP contribution in [0, 0.1) is 5.92 Å². The highest BCUT2D eigenvalue weighted by Gasteiger charge is 2.29. The summed E-state index contributed by atoms with van der Waals surface area (Å²) in [6.07, 6.45) is 7.96. The zero-order chi connectivity index (χ0) is 20.8. The molecule has 3 aromatic rings. The highest BCUT2D eigenvalue weighted by Crippen LogP contribution is 2.40. The summed E-state index contributed by atoms with van der Waals surface area (Å²) >= 11 is 0. The summed E-state index contributed by atoms with van der Waals surface area (Å²) in [6.45, 7) is 2.20. The van der Waals surface area contributed by atoms with Crippen molar-refractivity contribution in [1.29, 1.82) is 0 Å². The van der Waals surface area contributed by atoms with E-state index in [0.717, 1.165) is 44.2 Å². The van der Waals surface area contributed by atoms with Crippen molar-refractivity contribution in [3.05, 3.63) is 41.6 Å². The minimum atomic E-state index is -2.77. The maximum atomic E-state index is 13.6. The zero-order valence-corrected chi connectivity index (χ0v) is 16.8. The molecule has 0 aliphatic heterocycles. The summed E-state index contributed by atoms with van der Waals surface area (Å²) in [5, 5.41) is 11.0. The van der Waals surface area contributed by atoms with Crippen LogP contribution >= 0.6 is 0 Å². The lowest BCUT2D eigenvalue weighted by molar-refractivity contribution is 0.102. The third kappa shape index (κ3) is 3.46. The molecular weight excluding hydrogens is 390 g/mol. The highest BCUT2D eigenvalue weighted by atomic mass is 19.3. The summed E-state index contributed by atoms with van der Waals surface area (Å²) < 4.78 is 30.5. The van der Waals surface area contributed by atoms with E-state index in [4.69, 9.17) is 0 Å². The van der Waals surface area contributed by atoms with Gasteiger partial charge in [-0.3, -0.25) is 9.48 Å². The van der Waals surface area contributed by atoms with Crippen molar-refractivity contribution < 1.29 is 13.6 Å². The number of carbonyl (C=O) groups is 1. The number of anilines is 1. The minimum Gasteiger partial charge on any atom is -0.319 e. The molecule has 2 aliphatic rings. The Balaban J connectivity index is 1.42. The van der Waals surface area contributed by atoms with E-state index in [0.29, 0.717) is 17.5 Å². The zero-order valence-electron chi connectivity index (χ0n) is 16.8. The van der Waals surface area contributed by atoms with Gasteiger partial charge in [0.15, 0.2) is 11.3 Å². The van der Waals surface area contributed by atoms with Crippen molar-refractivity contribution >= 4 is 17.2 Å². The van der Waals surface area contributed by atoms with E-state index in [2.05, 4.69) is 27.4 Å². The number of halogens is 2. The maximum Gasteiger partial charge on any atom is 0.284 e. The number of aromatic nitrogens is 5. The number of hydrogen-bond acceptors (Lipinski definition) is 4. The van der Waals surface area contributed by atoms with Gasteiger partial charge in [-0.2, -0.15) is 10.2 Å². The number of alkyl halides is 2. The summed E-state index contributed by atoms with van der Waals surface area (Å²) in [7, 11) is 0. The van der Waals surface area contributed by atoms with Crippen LogP contribution in [-0.4, -0.2) is 30.3 Å². The van der Waals surface area contributed by atoms with Crippen LogP contribution in [0.15, 0.2) is 24.7 Å². The largest absolute Gasteiger partial charge is 0.319 e. The Kier molecular flexibility index (Phi) is 4.75. The lowest BCUT2D eigenvalue weighted by Gasteiger charge is -2.26. The third-order valence-corrected chi connectivity index (χ3v) is 6.25. The predicted molar refractivity (Wildman–Crippen MR) is 107 cm³/mol. The molecule has 30 heavy (non-hydrogen) atoms. The van der Waals surface area contributed by atoms with Gasteiger partial charge < -0.3 is 5.32 Å². The molecule has 0 radical (unpaired) electrons. The molecule has 2 fully saturated rings. The lowest BCUT2D eigenvalue weighted by Crippen LogP contribution is -2.17. The molecule has 0 unspecified atom stereocenters. The van der Waals surface area contributed by atoms with Crippen LogP contribution in [0.5, 0.6) is 0 Å². The van der Waals surface area contributed by atoms with Gasteiger partial charge in [0.2, 0.25) is 0 Å². The van der Waals surface area contributed by atoms with Gasteiger partial charge in [-0.1, -0.05) is 6.92 Å². The van der Waals surface area contributed by atoms with Gasteiger partial charge in [-0.15, -0.1) is 0 Å².